The van der Waals surface area contributed by atoms with Crippen molar-refractivity contribution >= 4 is 62.3 Å². The molecule has 0 saturated carbocycles. The van der Waals surface area contributed by atoms with Crippen LogP contribution in [-0.2, 0) is 17.8 Å². The number of amides is 2. The summed E-state index contributed by atoms with van der Waals surface area (Å²) in [6.45, 7) is 2.27. The molecule has 2 amide bonds. The number of hydrogen-bond acceptors (Lipinski definition) is 5. The van der Waals surface area contributed by atoms with E-state index in [0.717, 1.165) is 31.5 Å². The molecule has 2 aromatic heterocycles. The molecule has 1 aromatic carbocycles. The Morgan fingerprint density at radius 1 is 1.22 bits per heavy atom. The Morgan fingerprint density at radius 3 is 2.75 bits per heavy atom. The van der Waals surface area contributed by atoms with Crippen molar-refractivity contribution in [3.63, 3.8) is 0 Å². The van der Waals surface area contributed by atoms with E-state index in [1.807, 2.05) is 0 Å². The van der Waals surface area contributed by atoms with E-state index in [9.17, 15) is 14.4 Å². The molecule has 7 nitrogen and oxygen atoms in total. The highest BCUT2D eigenvalue weighted by Gasteiger charge is 2.25. The second-order valence-electron chi connectivity index (χ2n) is 7.87. The summed E-state index contributed by atoms with van der Waals surface area (Å²) in [6.07, 6.45) is 3.80. The number of thiophene rings is 1. The fourth-order valence-corrected chi connectivity index (χ4v) is 5.33. The first-order valence-electron chi connectivity index (χ1n) is 10.3. The molecule has 0 fully saturated rings. The van der Waals surface area contributed by atoms with Gasteiger partial charge in [-0.1, -0.05) is 29.6 Å². The minimum atomic E-state index is -0.372. The lowest BCUT2D eigenvalue weighted by Gasteiger charge is -2.16. The van der Waals surface area contributed by atoms with E-state index in [4.69, 9.17) is 28.2 Å². The summed E-state index contributed by atoms with van der Waals surface area (Å²) in [5.74, 6) is 0.0897. The Labute approximate surface area is 199 Å². The Balaban J connectivity index is 1.55. The van der Waals surface area contributed by atoms with Crippen molar-refractivity contribution in [3.8, 4) is 0 Å². The lowest BCUT2D eigenvalue weighted by atomic mass is 10.2. The second kappa shape index (κ2) is 9.21. The molecular formula is C22H22Cl2N4O3S. The average Bonchev–Trinajstić information content (AvgIpc) is 2.91. The molecule has 32 heavy (non-hydrogen) atoms. The predicted molar refractivity (Wildman–Crippen MR) is 128 cm³/mol. The van der Waals surface area contributed by atoms with Gasteiger partial charge in [-0.25, -0.2) is 4.98 Å². The van der Waals surface area contributed by atoms with Crippen LogP contribution in [0, 0.1) is 6.92 Å². The first kappa shape index (κ1) is 22.8. The largest absolute Gasteiger partial charge is 0.332 e. The molecule has 1 aliphatic heterocycles. The molecule has 0 bridgehead atoms. The SMILES string of the molecule is Cc1c(C(=O)N(C)CC(=O)Nc2ccc(Cl)c(Cl)c2)sc2nc3n(c(=O)c12)CCCCC3. The molecule has 1 aliphatic rings. The summed E-state index contributed by atoms with van der Waals surface area (Å²) >= 11 is 13.1. The van der Waals surface area contributed by atoms with E-state index in [1.165, 1.54) is 16.2 Å². The van der Waals surface area contributed by atoms with Crippen LogP contribution in [0.1, 0.15) is 40.3 Å². The maximum absolute atomic E-state index is 13.1. The van der Waals surface area contributed by atoms with Gasteiger partial charge in [0.15, 0.2) is 0 Å². The molecule has 0 spiro atoms. The van der Waals surface area contributed by atoms with Crippen molar-refractivity contribution in [1.29, 1.82) is 0 Å². The Hall–Kier alpha value is -2.42. The van der Waals surface area contributed by atoms with Gasteiger partial charge in [-0.05, 0) is 43.5 Å². The monoisotopic (exact) mass is 492 g/mol. The number of fused-ring (bicyclic) bond motifs is 2. The first-order chi connectivity index (χ1) is 15.3. The van der Waals surface area contributed by atoms with Crippen molar-refractivity contribution in [2.45, 2.75) is 39.2 Å². The summed E-state index contributed by atoms with van der Waals surface area (Å²) in [5.41, 5.74) is 1.02. The molecule has 168 valence electrons. The summed E-state index contributed by atoms with van der Waals surface area (Å²) in [7, 11) is 1.55. The highest BCUT2D eigenvalue weighted by molar-refractivity contribution is 7.20. The maximum atomic E-state index is 13.1. The van der Waals surface area contributed by atoms with E-state index in [1.54, 1.807) is 36.7 Å². The van der Waals surface area contributed by atoms with Crippen LogP contribution in [0.2, 0.25) is 10.0 Å². The lowest BCUT2D eigenvalue weighted by Crippen LogP contribution is -2.34. The standard InChI is InChI=1S/C22H22Cl2N4O3S/c1-12-18-20(26-16-6-4-3-5-9-28(16)21(18)30)32-19(12)22(31)27(2)11-17(29)25-13-7-8-14(23)15(24)10-13/h7-8,10H,3-6,9,11H2,1-2H3,(H,25,29). The van der Waals surface area contributed by atoms with Gasteiger partial charge in [0.1, 0.15) is 10.7 Å². The van der Waals surface area contributed by atoms with Crippen LogP contribution in [0.5, 0.6) is 0 Å². The highest BCUT2D eigenvalue weighted by Crippen LogP contribution is 2.29. The number of nitrogens with one attached hydrogen (secondary N) is 1. The number of aromatic nitrogens is 2. The van der Waals surface area contributed by atoms with E-state index in [2.05, 4.69) is 5.32 Å². The molecule has 10 heteroatoms. The van der Waals surface area contributed by atoms with E-state index in [-0.39, 0.29) is 23.9 Å². The van der Waals surface area contributed by atoms with Crippen LogP contribution >= 0.6 is 34.5 Å². The number of aryl methyl sites for hydroxylation is 2. The summed E-state index contributed by atoms with van der Waals surface area (Å²) in [6, 6.07) is 4.76. The van der Waals surface area contributed by atoms with Crippen LogP contribution in [0.15, 0.2) is 23.0 Å². The van der Waals surface area contributed by atoms with Gasteiger partial charge in [0, 0.05) is 25.7 Å². The molecule has 0 aliphatic carbocycles. The van der Waals surface area contributed by atoms with Crippen molar-refractivity contribution < 1.29 is 9.59 Å². The number of halogens is 2. The number of rotatable bonds is 4. The quantitative estimate of drug-likeness (QED) is 0.580. The highest BCUT2D eigenvalue weighted by atomic mass is 35.5. The zero-order valence-corrected chi connectivity index (χ0v) is 20.0. The molecule has 3 aromatic rings. The van der Waals surface area contributed by atoms with Crippen LogP contribution in [0.3, 0.4) is 0 Å². The number of benzene rings is 1. The predicted octanol–water partition coefficient (Wildman–Crippen LogP) is 4.51. The maximum Gasteiger partial charge on any atom is 0.264 e. The Bertz CT molecular complexity index is 1280. The van der Waals surface area contributed by atoms with Gasteiger partial charge in [-0.2, -0.15) is 0 Å². The summed E-state index contributed by atoms with van der Waals surface area (Å²) in [4.78, 5) is 45.7. The van der Waals surface area contributed by atoms with Crippen molar-refractivity contribution in [3.05, 3.63) is 54.9 Å². The van der Waals surface area contributed by atoms with Gasteiger partial charge in [0.2, 0.25) is 5.91 Å². The van der Waals surface area contributed by atoms with Gasteiger partial charge >= 0.3 is 0 Å². The van der Waals surface area contributed by atoms with Crippen molar-refractivity contribution in [2.24, 2.45) is 0 Å². The molecule has 1 N–H and O–H groups in total. The third-order valence-electron chi connectivity index (χ3n) is 5.54. The van der Waals surface area contributed by atoms with Crippen LogP contribution in [0.25, 0.3) is 10.2 Å². The zero-order chi connectivity index (χ0) is 23.0. The van der Waals surface area contributed by atoms with Crippen molar-refractivity contribution in [1.82, 2.24) is 14.5 Å². The van der Waals surface area contributed by atoms with Crippen LogP contribution < -0.4 is 10.9 Å². The zero-order valence-electron chi connectivity index (χ0n) is 17.7. The summed E-state index contributed by atoms with van der Waals surface area (Å²) < 4.78 is 1.75. The number of anilines is 1. The number of nitrogens with zero attached hydrogens (tertiary/aromatic N) is 3. The molecule has 0 unspecified atom stereocenters. The van der Waals surface area contributed by atoms with Crippen LogP contribution in [-0.4, -0.2) is 39.9 Å². The number of hydrogen-bond donors (Lipinski definition) is 1. The third-order valence-corrected chi connectivity index (χ3v) is 7.45. The molecular weight excluding hydrogens is 471 g/mol. The number of likely N-dealkylation sites (N-methyl/N-ethyl adjacent to an activating group) is 1. The van der Waals surface area contributed by atoms with Gasteiger partial charge in [0.05, 0.1) is 26.9 Å². The normalized spacial score (nSPS) is 13.5. The number of carbonyl (C=O) groups is 2. The fourth-order valence-electron chi connectivity index (χ4n) is 3.85. The van der Waals surface area contributed by atoms with Gasteiger partial charge < -0.3 is 10.2 Å². The lowest BCUT2D eigenvalue weighted by molar-refractivity contribution is -0.116. The fraction of sp³-hybridized carbons (Fsp3) is 0.364. The van der Waals surface area contributed by atoms with E-state index in [0.29, 0.717) is 42.9 Å². The smallest absolute Gasteiger partial charge is 0.264 e. The molecule has 0 saturated heterocycles. The van der Waals surface area contributed by atoms with Crippen LogP contribution in [0.4, 0.5) is 5.69 Å². The van der Waals surface area contributed by atoms with Crippen molar-refractivity contribution in [2.75, 3.05) is 18.9 Å². The van der Waals surface area contributed by atoms with Gasteiger partial charge in [-0.3, -0.25) is 19.0 Å². The summed E-state index contributed by atoms with van der Waals surface area (Å²) in [5, 5.41) is 3.91. The molecule has 4 rings (SSSR count). The molecule has 0 atom stereocenters. The Morgan fingerprint density at radius 2 is 2.00 bits per heavy atom. The van der Waals surface area contributed by atoms with E-state index < -0.39 is 0 Å². The second-order valence-corrected chi connectivity index (χ2v) is 9.68. The van der Waals surface area contributed by atoms with Gasteiger partial charge in [-0.15, -0.1) is 11.3 Å². The molecule has 3 heterocycles. The molecule has 0 radical (unpaired) electrons. The minimum Gasteiger partial charge on any atom is -0.332 e. The minimum absolute atomic E-state index is 0.0836. The Kier molecular flexibility index (Phi) is 6.55. The topological polar surface area (TPSA) is 84.3 Å². The number of carbonyl (C=O) groups excluding carboxylic acids is 2. The average molecular weight is 493 g/mol. The first-order valence-corrected chi connectivity index (χ1v) is 11.9. The van der Waals surface area contributed by atoms with E-state index >= 15 is 0 Å². The third kappa shape index (κ3) is 4.40. The van der Waals surface area contributed by atoms with Gasteiger partial charge in [0.25, 0.3) is 11.5 Å².